The summed E-state index contributed by atoms with van der Waals surface area (Å²) in [6.45, 7) is 0. The fraction of sp³-hybridized carbons (Fsp3) is 0. The van der Waals surface area contributed by atoms with Gasteiger partial charge in [0.05, 0.1) is 10.7 Å². The van der Waals surface area contributed by atoms with Crippen LogP contribution in [-0.4, -0.2) is 20.4 Å². The van der Waals surface area contributed by atoms with Crippen LogP contribution in [0.15, 0.2) is 47.4 Å². The van der Waals surface area contributed by atoms with Crippen LogP contribution >= 0.6 is 11.6 Å². The average Bonchev–Trinajstić information content (AvgIpc) is 2.49. The van der Waals surface area contributed by atoms with E-state index in [2.05, 4.69) is 16.4 Å². The molecule has 3 rings (SSSR count). The Labute approximate surface area is 129 Å². The number of nitrogens with zero attached hydrogens (tertiary/aromatic N) is 2. The standard InChI is InChI=1S/C15H9ClN3O3/c16-9-5-1-2-6-10(9)17-13(20)12-14(21)18-11-7-3-4-8-19(11)15(12)22/h1-4,6-8,21H,(H,17,20). The molecule has 0 bridgehead atoms. The number of hydrogen-bond acceptors (Lipinski definition) is 4. The van der Waals surface area contributed by atoms with E-state index in [-0.39, 0.29) is 16.4 Å². The van der Waals surface area contributed by atoms with Crippen LogP contribution in [0.2, 0.25) is 5.02 Å². The Kier molecular flexibility index (Phi) is 3.52. The number of aromatic hydroxyl groups is 1. The molecular formula is C15H9ClN3O3. The molecule has 0 aliphatic heterocycles. The van der Waals surface area contributed by atoms with Crippen LogP contribution in [0.25, 0.3) is 5.65 Å². The van der Waals surface area contributed by atoms with Crippen molar-refractivity contribution >= 4 is 28.8 Å². The first-order valence-electron chi connectivity index (χ1n) is 6.26. The fourth-order valence-corrected chi connectivity index (χ4v) is 2.15. The number of benzene rings is 1. The van der Waals surface area contributed by atoms with E-state index in [4.69, 9.17) is 11.6 Å². The summed E-state index contributed by atoms with van der Waals surface area (Å²) in [7, 11) is 0. The van der Waals surface area contributed by atoms with Crippen molar-refractivity contribution in [2.24, 2.45) is 0 Å². The second-order valence-electron chi connectivity index (χ2n) is 4.40. The van der Waals surface area contributed by atoms with E-state index in [0.29, 0.717) is 0 Å². The van der Waals surface area contributed by atoms with Crippen molar-refractivity contribution < 1.29 is 9.90 Å². The predicted octanol–water partition coefficient (Wildman–Crippen LogP) is 2.11. The number of hydrogen-bond donors (Lipinski definition) is 2. The Balaban J connectivity index is 2.08. The molecule has 1 amide bonds. The molecule has 0 spiro atoms. The van der Waals surface area contributed by atoms with Gasteiger partial charge in [-0.1, -0.05) is 29.8 Å². The van der Waals surface area contributed by atoms with Crippen LogP contribution in [0.4, 0.5) is 5.69 Å². The number of carbonyl (C=O) groups is 1. The molecule has 0 aliphatic carbocycles. The maximum absolute atomic E-state index is 12.3. The maximum Gasteiger partial charge on any atom is 0.274 e. The highest BCUT2D eigenvalue weighted by atomic mass is 35.5. The van der Waals surface area contributed by atoms with Gasteiger partial charge in [-0.05, 0) is 18.2 Å². The lowest BCUT2D eigenvalue weighted by atomic mass is 10.2. The third-order valence-electron chi connectivity index (χ3n) is 3.00. The fourth-order valence-electron chi connectivity index (χ4n) is 1.97. The summed E-state index contributed by atoms with van der Waals surface area (Å²) in [6, 6.07) is 12.3. The number of fused-ring (bicyclic) bond motifs is 1. The Hall–Kier alpha value is -2.86. The number of rotatable bonds is 2. The van der Waals surface area contributed by atoms with Crippen LogP contribution in [0.5, 0.6) is 5.88 Å². The molecule has 2 N–H and O–H groups in total. The highest BCUT2D eigenvalue weighted by Crippen LogP contribution is 2.21. The topological polar surface area (TPSA) is 83.7 Å². The van der Waals surface area contributed by atoms with Gasteiger partial charge in [0, 0.05) is 12.3 Å². The van der Waals surface area contributed by atoms with Gasteiger partial charge < -0.3 is 10.4 Å². The van der Waals surface area contributed by atoms with Gasteiger partial charge in [-0.2, -0.15) is 4.98 Å². The summed E-state index contributed by atoms with van der Waals surface area (Å²) >= 11 is 5.90. The summed E-state index contributed by atoms with van der Waals surface area (Å²) in [4.78, 5) is 28.4. The third kappa shape index (κ3) is 2.40. The first-order valence-corrected chi connectivity index (χ1v) is 6.63. The van der Waals surface area contributed by atoms with Gasteiger partial charge in [0.1, 0.15) is 5.65 Å². The largest absolute Gasteiger partial charge is 0.493 e. The highest BCUT2D eigenvalue weighted by molar-refractivity contribution is 6.33. The van der Waals surface area contributed by atoms with E-state index >= 15 is 0 Å². The summed E-state index contributed by atoms with van der Waals surface area (Å²) < 4.78 is 1.17. The maximum atomic E-state index is 12.3. The Morgan fingerprint density at radius 1 is 1.32 bits per heavy atom. The van der Waals surface area contributed by atoms with E-state index in [0.717, 1.165) is 0 Å². The van der Waals surface area contributed by atoms with Crippen LogP contribution in [-0.2, 0) is 0 Å². The van der Waals surface area contributed by atoms with Crippen molar-refractivity contribution in [3.05, 3.63) is 69.6 Å². The minimum Gasteiger partial charge on any atom is -0.493 e. The molecule has 22 heavy (non-hydrogen) atoms. The molecule has 6 nitrogen and oxygen atoms in total. The van der Waals surface area contributed by atoms with E-state index in [9.17, 15) is 14.7 Å². The SMILES string of the molecule is O=C(Nc1ccc[c]c1Cl)c1c(O)nc2ccccn2c1=O. The number of aromatic nitrogens is 2. The third-order valence-corrected chi connectivity index (χ3v) is 3.31. The van der Waals surface area contributed by atoms with E-state index in [1.165, 1.54) is 10.6 Å². The number of halogens is 1. The smallest absolute Gasteiger partial charge is 0.274 e. The summed E-state index contributed by atoms with van der Waals surface area (Å²) in [5.74, 6) is -1.43. The number of amides is 1. The zero-order valence-corrected chi connectivity index (χ0v) is 11.8. The Morgan fingerprint density at radius 3 is 2.91 bits per heavy atom. The van der Waals surface area contributed by atoms with Gasteiger partial charge in [0.15, 0.2) is 5.56 Å². The summed E-state index contributed by atoms with van der Waals surface area (Å²) in [5, 5.41) is 12.5. The number of carbonyl (C=O) groups excluding carboxylic acids is 1. The number of anilines is 1. The van der Waals surface area contributed by atoms with Crippen LogP contribution < -0.4 is 10.9 Å². The van der Waals surface area contributed by atoms with Gasteiger partial charge in [0.25, 0.3) is 11.5 Å². The molecule has 0 fully saturated rings. The molecule has 0 saturated carbocycles. The molecule has 0 unspecified atom stereocenters. The molecule has 1 radical (unpaired) electrons. The second-order valence-corrected chi connectivity index (χ2v) is 4.77. The molecule has 109 valence electrons. The normalized spacial score (nSPS) is 10.6. The van der Waals surface area contributed by atoms with Gasteiger partial charge in [-0.25, -0.2) is 0 Å². The zero-order valence-electron chi connectivity index (χ0n) is 11.1. The lowest BCUT2D eigenvalue weighted by Gasteiger charge is -2.08. The first-order chi connectivity index (χ1) is 10.6. The minimum atomic E-state index is -0.797. The number of pyridine rings is 1. The molecule has 2 heterocycles. The first kappa shape index (κ1) is 14.1. The second kappa shape index (κ2) is 5.50. The summed E-state index contributed by atoms with van der Waals surface area (Å²) in [5.41, 5.74) is -0.598. The van der Waals surface area contributed by atoms with E-state index in [1.807, 2.05) is 0 Å². The molecule has 2 aromatic heterocycles. The van der Waals surface area contributed by atoms with Crippen LogP contribution in [0.3, 0.4) is 0 Å². The number of nitrogens with one attached hydrogen (secondary N) is 1. The molecule has 0 atom stereocenters. The van der Waals surface area contributed by atoms with Crippen molar-refractivity contribution in [3.63, 3.8) is 0 Å². The van der Waals surface area contributed by atoms with E-state index < -0.39 is 22.9 Å². The van der Waals surface area contributed by atoms with Gasteiger partial charge in [-0.3, -0.25) is 14.0 Å². The van der Waals surface area contributed by atoms with Crippen molar-refractivity contribution in [3.8, 4) is 5.88 Å². The lowest BCUT2D eigenvalue weighted by molar-refractivity contribution is 0.102. The molecule has 0 saturated heterocycles. The van der Waals surface area contributed by atoms with Crippen LogP contribution in [0, 0.1) is 6.07 Å². The van der Waals surface area contributed by atoms with Crippen molar-refractivity contribution in [1.29, 1.82) is 0 Å². The Morgan fingerprint density at radius 2 is 2.14 bits per heavy atom. The molecule has 0 aliphatic rings. The van der Waals surface area contributed by atoms with Gasteiger partial charge in [-0.15, -0.1) is 0 Å². The van der Waals surface area contributed by atoms with Crippen molar-refractivity contribution in [2.75, 3.05) is 5.32 Å². The highest BCUT2D eigenvalue weighted by Gasteiger charge is 2.20. The van der Waals surface area contributed by atoms with E-state index in [1.54, 1.807) is 36.4 Å². The van der Waals surface area contributed by atoms with Gasteiger partial charge >= 0.3 is 0 Å². The summed E-state index contributed by atoms with van der Waals surface area (Å²) in [6.07, 6.45) is 1.46. The average molecular weight is 315 g/mol. The molecule has 3 aromatic rings. The zero-order chi connectivity index (χ0) is 15.7. The van der Waals surface area contributed by atoms with Crippen molar-refractivity contribution in [2.45, 2.75) is 0 Å². The molecule has 1 aromatic carbocycles. The monoisotopic (exact) mass is 314 g/mol. The Bertz CT molecular complexity index is 937. The molecular weight excluding hydrogens is 306 g/mol. The van der Waals surface area contributed by atoms with Crippen LogP contribution in [0.1, 0.15) is 10.4 Å². The van der Waals surface area contributed by atoms with Gasteiger partial charge in [0.2, 0.25) is 5.88 Å². The lowest BCUT2D eigenvalue weighted by Crippen LogP contribution is -2.27. The van der Waals surface area contributed by atoms with Crippen molar-refractivity contribution in [1.82, 2.24) is 9.38 Å². The molecule has 7 heteroatoms. The predicted molar refractivity (Wildman–Crippen MR) is 81.4 cm³/mol. The quantitative estimate of drug-likeness (QED) is 0.759. The minimum absolute atomic E-state index is 0.198.